The molecule has 1 amide bonds. The third-order valence-electron chi connectivity index (χ3n) is 4.48. The SMILES string of the molecule is COCCNc1nc2cc(C(=O)N3CCN[C@H](C(=O)O)C3)ccc2n1C. The van der Waals surface area contributed by atoms with Crippen LogP contribution in [-0.4, -0.2) is 77.4 Å². The maximum absolute atomic E-state index is 12.8. The first-order valence-electron chi connectivity index (χ1n) is 8.46. The Hall–Kier alpha value is -2.65. The standard InChI is InChI=1S/C17H23N5O4/c1-21-14-4-3-11(9-12(14)20-17(21)19-6-8-26-2)15(23)22-7-5-18-13(10-22)16(24)25/h3-4,9,13,18H,5-8,10H2,1-2H3,(H,19,20)(H,24,25)/t13-/m0/s1. The number of ether oxygens (including phenoxy) is 1. The van der Waals surface area contributed by atoms with Gasteiger partial charge < -0.3 is 29.9 Å². The molecule has 140 valence electrons. The summed E-state index contributed by atoms with van der Waals surface area (Å²) in [6.07, 6.45) is 0. The van der Waals surface area contributed by atoms with Gasteiger partial charge in [-0.2, -0.15) is 0 Å². The molecule has 1 aliphatic heterocycles. The van der Waals surface area contributed by atoms with Crippen LogP contribution >= 0.6 is 0 Å². The Labute approximate surface area is 150 Å². The van der Waals surface area contributed by atoms with Crippen LogP contribution in [0.4, 0.5) is 5.95 Å². The van der Waals surface area contributed by atoms with E-state index in [1.807, 2.05) is 17.7 Å². The number of carbonyl (C=O) groups is 2. The van der Waals surface area contributed by atoms with Crippen molar-refractivity contribution in [1.82, 2.24) is 19.8 Å². The first-order chi connectivity index (χ1) is 12.5. The number of carboxylic acid groups (broad SMARTS) is 1. The second kappa shape index (κ2) is 7.71. The number of hydrogen-bond donors (Lipinski definition) is 3. The van der Waals surface area contributed by atoms with Crippen molar-refractivity contribution in [2.45, 2.75) is 6.04 Å². The molecular weight excluding hydrogens is 338 g/mol. The summed E-state index contributed by atoms with van der Waals surface area (Å²) in [7, 11) is 3.54. The molecule has 0 saturated carbocycles. The summed E-state index contributed by atoms with van der Waals surface area (Å²) in [6.45, 7) is 2.30. The van der Waals surface area contributed by atoms with Gasteiger partial charge in [0.15, 0.2) is 0 Å². The third kappa shape index (κ3) is 3.63. The molecule has 1 atom stereocenters. The number of aliphatic carboxylic acids is 1. The number of anilines is 1. The van der Waals surface area contributed by atoms with Gasteiger partial charge in [0.05, 0.1) is 17.6 Å². The molecule has 1 fully saturated rings. The highest BCUT2D eigenvalue weighted by Gasteiger charge is 2.28. The topological polar surface area (TPSA) is 109 Å². The zero-order valence-corrected chi connectivity index (χ0v) is 14.9. The van der Waals surface area contributed by atoms with E-state index in [9.17, 15) is 9.59 Å². The van der Waals surface area contributed by atoms with Crippen molar-refractivity contribution >= 4 is 28.9 Å². The zero-order chi connectivity index (χ0) is 18.7. The molecule has 1 saturated heterocycles. The van der Waals surface area contributed by atoms with E-state index in [1.165, 1.54) is 0 Å². The molecule has 1 aromatic carbocycles. The van der Waals surface area contributed by atoms with E-state index >= 15 is 0 Å². The molecule has 0 unspecified atom stereocenters. The summed E-state index contributed by atoms with van der Waals surface area (Å²) in [5.41, 5.74) is 2.12. The molecule has 2 aromatic rings. The minimum absolute atomic E-state index is 0.151. The van der Waals surface area contributed by atoms with Crippen molar-refractivity contribution in [1.29, 1.82) is 0 Å². The summed E-state index contributed by atoms with van der Waals surface area (Å²) in [5, 5.41) is 15.2. The van der Waals surface area contributed by atoms with E-state index in [2.05, 4.69) is 15.6 Å². The van der Waals surface area contributed by atoms with Gasteiger partial charge in [-0.1, -0.05) is 0 Å². The fourth-order valence-corrected chi connectivity index (χ4v) is 3.04. The maximum Gasteiger partial charge on any atom is 0.322 e. The van der Waals surface area contributed by atoms with Crippen LogP contribution in [0, 0.1) is 0 Å². The molecule has 2 heterocycles. The van der Waals surface area contributed by atoms with Crippen molar-refractivity contribution in [3.05, 3.63) is 23.8 Å². The lowest BCUT2D eigenvalue weighted by Gasteiger charge is -2.31. The number of fused-ring (bicyclic) bond motifs is 1. The Morgan fingerprint density at radius 1 is 1.46 bits per heavy atom. The summed E-state index contributed by atoms with van der Waals surface area (Å²) in [4.78, 5) is 30.0. The molecule has 9 nitrogen and oxygen atoms in total. The molecule has 3 N–H and O–H groups in total. The first kappa shape index (κ1) is 18.2. The average Bonchev–Trinajstić information content (AvgIpc) is 2.96. The highest BCUT2D eigenvalue weighted by atomic mass is 16.5. The number of aryl methyl sites for hydroxylation is 1. The van der Waals surface area contributed by atoms with Gasteiger partial charge in [0.2, 0.25) is 5.95 Å². The number of carbonyl (C=O) groups excluding carboxylic acids is 1. The predicted molar refractivity (Wildman–Crippen MR) is 96.4 cm³/mol. The Morgan fingerprint density at radius 2 is 2.27 bits per heavy atom. The summed E-state index contributed by atoms with van der Waals surface area (Å²) < 4.78 is 6.95. The fourth-order valence-electron chi connectivity index (χ4n) is 3.04. The van der Waals surface area contributed by atoms with Crippen LogP contribution < -0.4 is 10.6 Å². The number of nitrogens with zero attached hydrogens (tertiary/aromatic N) is 3. The Morgan fingerprint density at radius 3 is 3.00 bits per heavy atom. The molecule has 9 heteroatoms. The fraction of sp³-hybridized carbons (Fsp3) is 0.471. The Kier molecular flexibility index (Phi) is 5.38. The van der Waals surface area contributed by atoms with Gasteiger partial charge in [-0.05, 0) is 18.2 Å². The third-order valence-corrected chi connectivity index (χ3v) is 4.48. The van der Waals surface area contributed by atoms with E-state index in [1.54, 1.807) is 24.1 Å². The van der Waals surface area contributed by atoms with Crippen LogP contribution in [-0.2, 0) is 16.6 Å². The molecule has 0 radical (unpaired) electrons. The number of amides is 1. The second-order valence-corrected chi connectivity index (χ2v) is 6.21. The molecule has 0 bridgehead atoms. The van der Waals surface area contributed by atoms with Gasteiger partial charge in [0.1, 0.15) is 6.04 Å². The molecule has 0 spiro atoms. The van der Waals surface area contributed by atoms with Gasteiger partial charge in [-0.3, -0.25) is 9.59 Å². The van der Waals surface area contributed by atoms with Gasteiger partial charge in [-0.25, -0.2) is 4.98 Å². The van der Waals surface area contributed by atoms with Crippen molar-refractivity contribution in [2.24, 2.45) is 7.05 Å². The van der Waals surface area contributed by atoms with E-state index < -0.39 is 12.0 Å². The van der Waals surface area contributed by atoms with Crippen molar-refractivity contribution < 1.29 is 19.4 Å². The van der Waals surface area contributed by atoms with E-state index in [-0.39, 0.29) is 12.5 Å². The monoisotopic (exact) mass is 361 g/mol. The average molecular weight is 361 g/mol. The van der Waals surface area contributed by atoms with E-state index in [0.717, 1.165) is 5.52 Å². The number of methoxy groups -OCH3 is 1. The van der Waals surface area contributed by atoms with Crippen molar-refractivity contribution in [3.63, 3.8) is 0 Å². The van der Waals surface area contributed by atoms with Crippen molar-refractivity contribution in [2.75, 3.05) is 45.2 Å². The van der Waals surface area contributed by atoms with Gasteiger partial charge >= 0.3 is 5.97 Å². The summed E-state index contributed by atoms with van der Waals surface area (Å²) in [6, 6.07) is 4.62. The molecule has 3 rings (SSSR count). The lowest BCUT2D eigenvalue weighted by atomic mass is 10.1. The number of piperazine rings is 1. The minimum Gasteiger partial charge on any atom is -0.480 e. The Bertz CT molecular complexity index is 819. The molecule has 0 aliphatic carbocycles. The number of nitrogens with one attached hydrogen (secondary N) is 2. The molecular formula is C17H23N5O4. The maximum atomic E-state index is 12.8. The number of carboxylic acids is 1. The molecule has 26 heavy (non-hydrogen) atoms. The van der Waals surface area contributed by atoms with E-state index in [4.69, 9.17) is 9.84 Å². The summed E-state index contributed by atoms with van der Waals surface area (Å²) in [5.74, 6) is -0.427. The van der Waals surface area contributed by atoms with Gasteiger partial charge in [0, 0.05) is 45.9 Å². The number of aromatic nitrogens is 2. The molecule has 1 aromatic heterocycles. The summed E-state index contributed by atoms with van der Waals surface area (Å²) >= 11 is 0. The lowest BCUT2D eigenvalue weighted by molar-refractivity contribution is -0.140. The molecule has 1 aliphatic rings. The van der Waals surface area contributed by atoms with Crippen LogP contribution in [0.25, 0.3) is 11.0 Å². The van der Waals surface area contributed by atoms with Crippen LogP contribution in [0.1, 0.15) is 10.4 Å². The number of hydrogen-bond acceptors (Lipinski definition) is 6. The highest BCUT2D eigenvalue weighted by molar-refractivity contribution is 5.98. The van der Waals surface area contributed by atoms with Crippen LogP contribution in [0.5, 0.6) is 0 Å². The number of rotatable bonds is 6. The van der Waals surface area contributed by atoms with Crippen LogP contribution in [0.15, 0.2) is 18.2 Å². The van der Waals surface area contributed by atoms with E-state index in [0.29, 0.717) is 43.3 Å². The second-order valence-electron chi connectivity index (χ2n) is 6.21. The van der Waals surface area contributed by atoms with Gasteiger partial charge in [-0.15, -0.1) is 0 Å². The minimum atomic E-state index is -0.950. The zero-order valence-electron chi connectivity index (χ0n) is 14.9. The first-order valence-corrected chi connectivity index (χ1v) is 8.46. The van der Waals surface area contributed by atoms with Crippen LogP contribution in [0.2, 0.25) is 0 Å². The number of imidazole rings is 1. The predicted octanol–water partition coefficient (Wildman–Crippen LogP) is 0.130. The van der Waals surface area contributed by atoms with Crippen molar-refractivity contribution in [3.8, 4) is 0 Å². The highest BCUT2D eigenvalue weighted by Crippen LogP contribution is 2.20. The smallest absolute Gasteiger partial charge is 0.322 e. The Balaban J connectivity index is 1.79. The largest absolute Gasteiger partial charge is 0.480 e. The lowest BCUT2D eigenvalue weighted by Crippen LogP contribution is -2.55. The number of benzene rings is 1. The quantitative estimate of drug-likeness (QED) is 0.628. The normalized spacial score (nSPS) is 17.5. The van der Waals surface area contributed by atoms with Crippen LogP contribution in [0.3, 0.4) is 0 Å². The van der Waals surface area contributed by atoms with Gasteiger partial charge in [0.25, 0.3) is 5.91 Å².